The Morgan fingerprint density at radius 3 is 3.11 bits per heavy atom. The van der Waals surface area contributed by atoms with Crippen molar-refractivity contribution >= 4 is 11.6 Å². The molecule has 19 heavy (non-hydrogen) atoms. The first-order valence-corrected chi connectivity index (χ1v) is 6.29. The third-order valence-corrected chi connectivity index (χ3v) is 3.21. The quantitative estimate of drug-likeness (QED) is 0.555. The Labute approximate surface area is 115 Å². The predicted molar refractivity (Wildman–Crippen MR) is 68.1 cm³/mol. The minimum atomic E-state index is -1.28. The molecule has 1 aliphatic carbocycles. The Bertz CT molecular complexity index is 505. The molecule has 5 nitrogen and oxygen atoms in total. The Hall–Kier alpha value is -1.53. The van der Waals surface area contributed by atoms with Gasteiger partial charge in [-0.2, -0.15) is 5.11 Å². The van der Waals surface area contributed by atoms with Crippen molar-refractivity contribution in [3.63, 3.8) is 0 Å². The van der Waals surface area contributed by atoms with Crippen LogP contribution in [0.2, 0.25) is 5.15 Å². The lowest BCUT2D eigenvalue weighted by Gasteiger charge is -2.12. The molecular formula is C12H14ClFN4O. The van der Waals surface area contributed by atoms with Gasteiger partial charge in [-0.15, -0.1) is 0 Å². The maximum atomic E-state index is 13.1. The molecular weight excluding hydrogens is 271 g/mol. The molecule has 1 atom stereocenters. The van der Waals surface area contributed by atoms with Crippen LogP contribution < -0.4 is 5.32 Å². The van der Waals surface area contributed by atoms with Crippen LogP contribution in [0.5, 0.6) is 0 Å². The van der Waals surface area contributed by atoms with Crippen LogP contribution in [0.3, 0.4) is 0 Å². The predicted octanol–water partition coefficient (Wildman–Crippen LogP) is 2.78. The second-order valence-corrected chi connectivity index (χ2v) is 4.83. The molecule has 0 radical (unpaired) electrons. The summed E-state index contributed by atoms with van der Waals surface area (Å²) in [6.45, 7) is 0.779. The van der Waals surface area contributed by atoms with Crippen molar-refractivity contribution in [3.05, 3.63) is 40.7 Å². The lowest BCUT2D eigenvalue weighted by molar-refractivity contribution is 0.211. The zero-order chi connectivity index (χ0) is 13.8. The van der Waals surface area contributed by atoms with Crippen LogP contribution in [0.4, 0.5) is 4.39 Å². The highest BCUT2D eigenvalue weighted by atomic mass is 35.5. The van der Waals surface area contributed by atoms with E-state index in [0.717, 1.165) is 18.8 Å². The van der Waals surface area contributed by atoms with Crippen molar-refractivity contribution in [3.8, 4) is 0 Å². The lowest BCUT2D eigenvalue weighted by atomic mass is 10.1. The summed E-state index contributed by atoms with van der Waals surface area (Å²) in [5, 5.41) is 16.3. The van der Waals surface area contributed by atoms with E-state index in [0.29, 0.717) is 5.92 Å². The molecule has 2 rings (SSSR count). The summed E-state index contributed by atoms with van der Waals surface area (Å²) < 4.78 is 13.1. The van der Waals surface area contributed by atoms with Crippen molar-refractivity contribution in [2.24, 2.45) is 11.0 Å². The summed E-state index contributed by atoms with van der Waals surface area (Å²) in [6.07, 6.45) is 3.52. The van der Waals surface area contributed by atoms with Crippen molar-refractivity contribution in [2.75, 3.05) is 6.54 Å². The van der Waals surface area contributed by atoms with Gasteiger partial charge >= 0.3 is 0 Å². The smallest absolute Gasteiger partial charge is 0.141 e. The van der Waals surface area contributed by atoms with Gasteiger partial charge < -0.3 is 10.4 Å². The topological polar surface area (TPSA) is 81.4 Å². The molecule has 1 heterocycles. The molecule has 0 aromatic carbocycles. The van der Waals surface area contributed by atoms with E-state index in [1.54, 1.807) is 0 Å². The summed E-state index contributed by atoms with van der Waals surface area (Å²) in [4.78, 5) is 3.61. The van der Waals surface area contributed by atoms with Crippen molar-refractivity contribution in [1.82, 2.24) is 10.3 Å². The minimum absolute atomic E-state index is 0.00866. The second kappa shape index (κ2) is 6.08. The fourth-order valence-electron chi connectivity index (χ4n) is 1.61. The highest BCUT2D eigenvalue weighted by Gasteiger charge is 2.21. The number of nitrogens with zero attached hydrogens (tertiary/aromatic N) is 2. The minimum Gasteiger partial charge on any atom is -0.389 e. The van der Waals surface area contributed by atoms with Gasteiger partial charge in [0.15, 0.2) is 0 Å². The van der Waals surface area contributed by atoms with Gasteiger partial charge in [-0.1, -0.05) is 11.6 Å². The van der Waals surface area contributed by atoms with Gasteiger partial charge in [-0.05, 0) is 24.8 Å². The molecule has 102 valence electrons. The monoisotopic (exact) mass is 284 g/mol. The number of halogens is 2. The molecule has 1 saturated carbocycles. The molecule has 0 spiro atoms. The number of aliphatic hydroxyl groups is 1. The molecule has 1 aliphatic rings. The van der Waals surface area contributed by atoms with E-state index in [1.165, 1.54) is 19.0 Å². The lowest BCUT2D eigenvalue weighted by Crippen LogP contribution is -2.12. The third kappa shape index (κ3) is 3.71. The van der Waals surface area contributed by atoms with E-state index in [1.807, 2.05) is 0 Å². The van der Waals surface area contributed by atoms with Crippen LogP contribution in [-0.2, 0) is 0 Å². The van der Waals surface area contributed by atoms with Crippen LogP contribution >= 0.6 is 11.6 Å². The highest BCUT2D eigenvalue weighted by Crippen LogP contribution is 2.29. The van der Waals surface area contributed by atoms with E-state index in [2.05, 4.69) is 15.4 Å². The molecule has 1 unspecified atom stereocenters. The molecule has 3 N–H and O–H groups in total. The average Bonchev–Trinajstić information content (AvgIpc) is 3.21. The van der Waals surface area contributed by atoms with Gasteiger partial charge in [0.2, 0.25) is 0 Å². The van der Waals surface area contributed by atoms with Crippen molar-refractivity contribution in [2.45, 2.75) is 18.9 Å². The van der Waals surface area contributed by atoms with Gasteiger partial charge in [-0.3, -0.25) is 0 Å². The number of hydrogen-bond acceptors (Lipinski definition) is 5. The van der Waals surface area contributed by atoms with E-state index in [9.17, 15) is 9.50 Å². The van der Waals surface area contributed by atoms with Crippen molar-refractivity contribution < 1.29 is 9.50 Å². The second-order valence-electron chi connectivity index (χ2n) is 4.47. The normalized spacial score (nSPS) is 17.1. The molecule has 1 fully saturated rings. The van der Waals surface area contributed by atoms with Crippen LogP contribution in [0, 0.1) is 17.3 Å². The van der Waals surface area contributed by atoms with Gasteiger partial charge in [0.25, 0.3) is 0 Å². The first-order valence-electron chi connectivity index (χ1n) is 5.91. The van der Waals surface area contributed by atoms with E-state index in [-0.39, 0.29) is 16.4 Å². The van der Waals surface area contributed by atoms with Gasteiger partial charge in [-0.25, -0.2) is 14.9 Å². The number of rotatable bonds is 6. The molecule has 1 aromatic heterocycles. The number of aliphatic hydroxyl groups excluding tert-OH is 1. The summed E-state index contributed by atoms with van der Waals surface area (Å²) in [5.74, 6) is 0.0496. The largest absolute Gasteiger partial charge is 0.389 e. The highest BCUT2D eigenvalue weighted by molar-refractivity contribution is 6.30. The van der Waals surface area contributed by atoms with Crippen LogP contribution in [0.15, 0.2) is 29.3 Å². The SMILES string of the molecule is N=N/C(=C\NCC1CC1)C(O)c1cc(F)cnc1Cl. The van der Waals surface area contributed by atoms with Crippen LogP contribution in [0.1, 0.15) is 24.5 Å². The van der Waals surface area contributed by atoms with Crippen LogP contribution in [-0.4, -0.2) is 16.6 Å². The van der Waals surface area contributed by atoms with E-state index in [4.69, 9.17) is 17.1 Å². The van der Waals surface area contributed by atoms with Crippen molar-refractivity contribution in [1.29, 1.82) is 5.53 Å². The molecule has 0 saturated heterocycles. The number of hydrogen-bond donors (Lipinski definition) is 3. The number of pyridine rings is 1. The summed E-state index contributed by atoms with van der Waals surface area (Å²) in [6, 6.07) is 1.08. The average molecular weight is 285 g/mol. The number of aromatic nitrogens is 1. The zero-order valence-corrected chi connectivity index (χ0v) is 10.9. The first kappa shape index (κ1) is 13.9. The van der Waals surface area contributed by atoms with Gasteiger partial charge in [0, 0.05) is 18.3 Å². The Balaban J connectivity index is 2.11. The standard InChI is InChI=1S/C12H14ClFN4O/c13-12-9(3-8(14)5-17-12)11(19)10(18-15)6-16-4-7-1-2-7/h3,5-7,11,15-16,19H,1-2,4H2/b10-6-,18-15?. The third-order valence-electron chi connectivity index (χ3n) is 2.89. The molecule has 0 amide bonds. The first-order chi connectivity index (χ1) is 9.11. The van der Waals surface area contributed by atoms with Gasteiger partial charge in [0.1, 0.15) is 22.8 Å². The Morgan fingerprint density at radius 2 is 2.47 bits per heavy atom. The Morgan fingerprint density at radius 1 is 1.74 bits per heavy atom. The maximum absolute atomic E-state index is 13.1. The summed E-state index contributed by atoms with van der Waals surface area (Å²) in [7, 11) is 0. The molecule has 0 aliphatic heterocycles. The Kier molecular flexibility index (Phi) is 4.44. The molecule has 0 bridgehead atoms. The fourth-order valence-corrected chi connectivity index (χ4v) is 1.82. The summed E-state index contributed by atoms with van der Waals surface area (Å²) >= 11 is 5.80. The summed E-state index contributed by atoms with van der Waals surface area (Å²) in [5.41, 5.74) is 7.22. The molecule has 7 heteroatoms. The number of nitrogens with one attached hydrogen (secondary N) is 2. The zero-order valence-electron chi connectivity index (χ0n) is 10.1. The molecule has 1 aromatic rings. The van der Waals surface area contributed by atoms with Gasteiger partial charge in [0.05, 0.1) is 6.20 Å². The van der Waals surface area contributed by atoms with E-state index >= 15 is 0 Å². The maximum Gasteiger partial charge on any atom is 0.141 e. The fraction of sp³-hybridized carbons (Fsp3) is 0.417. The van der Waals surface area contributed by atoms with Crippen LogP contribution in [0.25, 0.3) is 0 Å². The van der Waals surface area contributed by atoms with E-state index < -0.39 is 11.9 Å².